The molecule has 0 atom stereocenters. The van der Waals surface area contributed by atoms with Gasteiger partial charge >= 0.3 is 0 Å². The second-order valence-corrected chi connectivity index (χ2v) is 7.81. The van der Waals surface area contributed by atoms with Crippen LogP contribution in [0.3, 0.4) is 0 Å². The van der Waals surface area contributed by atoms with Crippen molar-refractivity contribution in [2.45, 2.75) is 32.5 Å². The molecule has 0 spiro atoms. The third-order valence-electron chi connectivity index (χ3n) is 5.05. The van der Waals surface area contributed by atoms with Gasteiger partial charge in [0.25, 0.3) is 0 Å². The molecule has 2 N–H and O–H groups in total. The largest absolute Gasteiger partial charge is 0.487 e. The standard InChI is InChI=1S/C25H24FNO2/c1-25(2,28)24-19(14-17-8-11-20(26)12-9-17)10-13-21-23(24)22(15-27-21)29-16-18-6-4-3-5-7-18/h3-13,15,27-28H,14,16H2,1-2H3. The minimum atomic E-state index is -1.07. The summed E-state index contributed by atoms with van der Waals surface area (Å²) in [5.41, 5.74) is 3.71. The normalized spacial score (nSPS) is 11.7. The number of rotatable bonds is 6. The lowest BCUT2D eigenvalue weighted by Crippen LogP contribution is -2.19. The summed E-state index contributed by atoms with van der Waals surface area (Å²) in [4.78, 5) is 3.25. The maximum absolute atomic E-state index is 13.3. The number of H-pyrrole nitrogens is 1. The van der Waals surface area contributed by atoms with Crippen LogP contribution in [0.2, 0.25) is 0 Å². The molecule has 1 aromatic heterocycles. The number of halogens is 1. The molecule has 4 heteroatoms. The fourth-order valence-corrected chi connectivity index (χ4v) is 3.75. The second kappa shape index (κ2) is 7.72. The predicted molar refractivity (Wildman–Crippen MR) is 114 cm³/mol. The predicted octanol–water partition coefficient (Wildman–Crippen LogP) is 5.70. The van der Waals surface area contributed by atoms with Crippen LogP contribution in [0.15, 0.2) is 72.9 Å². The van der Waals surface area contributed by atoms with Gasteiger partial charge in [-0.2, -0.15) is 0 Å². The van der Waals surface area contributed by atoms with Gasteiger partial charge in [0.05, 0.1) is 5.60 Å². The number of hydrogen-bond acceptors (Lipinski definition) is 2. The SMILES string of the molecule is CC(C)(O)c1c(Cc2ccc(F)cc2)ccc2[nH]cc(OCc3ccccc3)c12. The first-order chi connectivity index (χ1) is 13.9. The lowest BCUT2D eigenvalue weighted by molar-refractivity contribution is 0.0792. The molecule has 3 aromatic carbocycles. The molecule has 0 aliphatic rings. The van der Waals surface area contributed by atoms with Gasteiger partial charge in [0.15, 0.2) is 0 Å². The number of ether oxygens (including phenoxy) is 1. The second-order valence-electron chi connectivity index (χ2n) is 7.81. The highest BCUT2D eigenvalue weighted by Crippen LogP contribution is 2.38. The average Bonchev–Trinajstić information content (AvgIpc) is 3.11. The number of fused-ring (bicyclic) bond motifs is 1. The topological polar surface area (TPSA) is 45.2 Å². The quantitative estimate of drug-likeness (QED) is 0.444. The van der Waals surface area contributed by atoms with Gasteiger partial charge < -0.3 is 14.8 Å². The van der Waals surface area contributed by atoms with Gasteiger partial charge in [0.2, 0.25) is 0 Å². The van der Waals surface area contributed by atoms with Gasteiger partial charge in [-0.05, 0) is 60.7 Å². The van der Waals surface area contributed by atoms with Gasteiger partial charge in [0, 0.05) is 17.1 Å². The molecule has 4 rings (SSSR count). The van der Waals surface area contributed by atoms with Crippen molar-refractivity contribution in [1.29, 1.82) is 0 Å². The highest BCUT2D eigenvalue weighted by Gasteiger charge is 2.26. The van der Waals surface area contributed by atoms with E-state index in [2.05, 4.69) is 4.98 Å². The van der Waals surface area contributed by atoms with Crippen molar-refractivity contribution in [2.75, 3.05) is 0 Å². The third kappa shape index (κ3) is 4.17. The van der Waals surface area contributed by atoms with Gasteiger partial charge in [-0.15, -0.1) is 0 Å². The Labute approximate surface area is 169 Å². The number of benzene rings is 3. The Morgan fingerprint density at radius 2 is 1.66 bits per heavy atom. The highest BCUT2D eigenvalue weighted by atomic mass is 19.1. The summed E-state index contributed by atoms with van der Waals surface area (Å²) in [7, 11) is 0. The van der Waals surface area contributed by atoms with E-state index >= 15 is 0 Å². The first kappa shape index (κ1) is 19.2. The van der Waals surface area contributed by atoms with Crippen molar-refractivity contribution >= 4 is 10.9 Å². The summed E-state index contributed by atoms with van der Waals surface area (Å²) in [5.74, 6) is 0.455. The summed E-state index contributed by atoms with van der Waals surface area (Å²) in [5, 5.41) is 11.9. The molecule has 0 radical (unpaired) electrons. The minimum absolute atomic E-state index is 0.255. The summed E-state index contributed by atoms with van der Waals surface area (Å²) in [6.07, 6.45) is 2.43. The van der Waals surface area contributed by atoms with Crippen LogP contribution in [-0.4, -0.2) is 10.1 Å². The van der Waals surface area contributed by atoms with Crippen LogP contribution in [0.25, 0.3) is 10.9 Å². The Bertz CT molecular complexity index is 1110. The fourth-order valence-electron chi connectivity index (χ4n) is 3.75. The molecule has 148 valence electrons. The Morgan fingerprint density at radius 3 is 2.34 bits per heavy atom. The Kier molecular flexibility index (Phi) is 5.12. The van der Waals surface area contributed by atoms with E-state index in [9.17, 15) is 9.50 Å². The lowest BCUT2D eigenvalue weighted by atomic mass is 9.87. The molecule has 0 saturated carbocycles. The van der Waals surface area contributed by atoms with Gasteiger partial charge in [-0.25, -0.2) is 4.39 Å². The zero-order valence-electron chi connectivity index (χ0n) is 16.6. The van der Waals surface area contributed by atoms with Crippen molar-refractivity contribution in [2.24, 2.45) is 0 Å². The van der Waals surface area contributed by atoms with E-state index in [1.165, 1.54) is 12.1 Å². The molecule has 1 heterocycles. The third-order valence-corrected chi connectivity index (χ3v) is 5.05. The summed E-state index contributed by atoms with van der Waals surface area (Å²) < 4.78 is 19.4. The van der Waals surface area contributed by atoms with Crippen LogP contribution in [0.1, 0.15) is 36.1 Å². The number of aliphatic hydroxyl groups is 1. The zero-order chi connectivity index (χ0) is 20.4. The molecule has 0 bridgehead atoms. The molecule has 0 aliphatic heterocycles. The van der Waals surface area contributed by atoms with E-state index in [0.717, 1.165) is 33.2 Å². The van der Waals surface area contributed by atoms with E-state index in [4.69, 9.17) is 4.74 Å². The van der Waals surface area contributed by atoms with Gasteiger partial charge in [-0.3, -0.25) is 0 Å². The minimum Gasteiger partial charge on any atom is -0.487 e. The summed E-state index contributed by atoms with van der Waals surface area (Å²) >= 11 is 0. The number of aromatic nitrogens is 1. The molecular weight excluding hydrogens is 365 g/mol. The number of hydrogen-bond donors (Lipinski definition) is 2. The van der Waals surface area contributed by atoms with E-state index in [1.807, 2.05) is 48.7 Å². The van der Waals surface area contributed by atoms with Crippen LogP contribution >= 0.6 is 0 Å². The van der Waals surface area contributed by atoms with Gasteiger partial charge in [-0.1, -0.05) is 48.5 Å². The molecular formula is C25H24FNO2. The Hall–Kier alpha value is -3.11. The van der Waals surface area contributed by atoms with Crippen LogP contribution in [0.5, 0.6) is 5.75 Å². The van der Waals surface area contributed by atoms with E-state index in [-0.39, 0.29) is 5.82 Å². The van der Waals surface area contributed by atoms with Crippen molar-refractivity contribution in [1.82, 2.24) is 4.98 Å². The zero-order valence-corrected chi connectivity index (χ0v) is 16.6. The molecule has 0 fully saturated rings. The van der Waals surface area contributed by atoms with Crippen molar-refractivity contribution in [3.8, 4) is 5.75 Å². The lowest BCUT2D eigenvalue weighted by Gasteiger charge is -2.24. The van der Waals surface area contributed by atoms with Crippen LogP contribution in [0.4, 0.5) is 4.39 Å². The molecule has 3 nitrogen and oxygen atoms in total. The first-order valence-corrected chi connectivity index (χ1v) is 9.69. The molecule has 0 unspecified atom stereocenters. The molecule has 0 aliphatic carbocycles. The van der Waals surface area contributed by atoms with Crippen LogP contribution < -0.4 is 4.74 Å². The Morgan fingerprint density at radius 1 is 0.931 bits per heavy atom. The fraction of sp³-hybridized carbons (Fsp3) is 0.200. The van der Waals surface area contributed by atoms with E-state index < -0.39 is 5.60 Å². The van der Waals surface area contributed by atoms with E-state index in [0.29, 0.717) is 18.8 Å². The summed E-state index contributed by atoms with van der Waals surface area (Å²) in [6.45, 7) is 4.01. The number of nitrogens with one attached hydrogen (secondary N) is 1. The first-order valence-electron chi connectivity index (χ1n) is 9.69. The van der Waals surface area contributed by atoms with Gasteiger partial charge in [0.1, 0.15) is 18.2 Å². The molecule has 4 aromatic rings. The number of aromatic amines is 1. The van der Waals surface area contributed by atoms with Crippen molar-refractivity contribution < 1.29 is 14.2 Å². The van der Waals surface area contributed by atoms with Crippen LogP contribution in [-0.2, 0) is 18.6 Å². The summed E-state index contributed by atoms with van der Waals surface area (Å²) in [6, 6.07) is 20.5. The van der Waals surface area contributed by atoms with Crippen molar-refractivity contribution in [3.63, 3.8) is 0 Å². The van der Waals surface area contributed by atoms with Crippen LogP contribution in [0, 0.1) is 5.82 Å². The highest BCUT2D eigenvalue weighted by molar-refractivity contribution is 5.91. The smallest absolute Gasteiger partial charge is 0.145 e. The maximum Gasteiger partial charge on any atom is 0.145 e. The average molecular weight is 389 g/mol. The van der Waals surface area contributed by atoms with Crippen molar-refractivity contribution in [3.05, 3.63) is 101 Å². The molecule has 0 saturated heterocycles. The monoisotopic (exact) mass is 389 g/mol. The Balaban J connectivity index is 1.75. The molecule has 0 amide bonds. The van der Waals surface area contributed by atoms with E-state index in [1.54, 1.807) is 26.0 Å². The molecule has 29 heavy (non-hydrogen) atoms. The maximum atomic E-state index is 13.3.